The van der Waals surface area contributed by atoms with Crippen molar-refractivity contribution in [2.75, 3.05) is 31.2 Å². The Morgan fingerprint density at radius 1 is 1.25 bits per heavy atom. The summed E-state index contributed by atoms with van der Waals surface area (Å²) in [5.41, 5.74) is 5.54. The first-order chi connectivity index (χ1) is 15.2. The van der Waals surface area contributed by atoms with Gasteiger partial charge in [0, 0.05) is 36.6 Å². The van der Waals surface area contributed by atoms with E-state index in [1.54, 1.807) is 28.9 Å². The molecule has 0 aliphatic carbocycles. The molecule has 4 rings (SSSR count). The third kappa shape index (κ3) is 4.15. The molecule has 1 aliphatic heterocycles. The van der Waals surface area contributed by atoms with Gasteiger partial charge in [0.05, 0.1) is 24.8 Å². The van der Waals surface area contributed by atoms with Gasteiger partial charge in [-0.05, 0) is 24.6 Å². The second-order valence-corrected chi connectivity index (χ2v) is 7.35. The van der Waals surface area contributed by atoms with Crippen LogP contribution in [0, 0.1) is 5.92 Å². The van der Waals surface area contributed by atoms with E-state index < -0.39 is 23.6 Å². The Kier molecular flexibility index (Phi) is 5.36. The molecule has 2 amide bonds. The van der Waals surface area contributed by atoms with Gasteiger partial charge in [-0.25, -0.2) is 14.8 Å². The number of pyridine rings is 2. The quantitative estimate of drug-likeness (QED) is 0.596. The molecule has 0 radical (unpaired) electrons. The number of carbonyl (C=O) groups excluding carboxylic acids is 2. The molecular weight excluding hydrogens is 429 g/mol. The lowest BCUT2D eigenvalue weighted by atomic mass is 10.1. The molecule has 1 saturated heterocycles. The number of hydrogen-bond donors (Lipinski definition) is 2. The molecule has 9 nitrogen and oxygen atoms in total. The van der Waals surface area contributed by atoms with Crippen molar-refractivity contribution in [2.45, 2.75) is 12.6 Å². The van der Waals surface area contributed by atoms with E-state index in [2.05, 4.69) is 15.3 Å². The Morgan fingerprint density at radius 2 is 2.03 bits per heavy atom. The lowest BCUT2D eigenvalue weighted by molar-refractivity contribution is -0.144. The van der Waals surface area contributed by atoms with Crippen molar-refractivity contribution < 1.29 is 27.5 Å². The monoisotopic (exact) mass is 448 g/mol. The molecule has 1 unspecified atom stereocenters. The fourth-order valence-corrected chi connectivity index (χ4v) is 3.58. The number of ether oxygens (including phenoxy) is 1. The van der Waals surface area contributed by atoms with Gasteiger partial charge in [-0.15, -0.1) is 0 Å². The number of nitrogens with two attached hydrogens (primary N) is 1. The molecular formula is C20H19F3N6O3. The number of anilines is 2. The van der Waals surface area contributed by atoms with E-state index in [-0.39, 0.29) is 29.8 Å². The molecule has 12 heteroatoms. The van der Waals surface area contributed by atoms with E-state index in [4.69, 9.17) is 10.5 Å². The maximum atomic E-state index is 13.1. The first-order valence-corrected chi connectivity index (χ1v) is 9.61. The summed E-state index contributed by atoms with van der Waals surface area (Å²) in [6.45, 7) is 0.663. The van der Waals surface area contributed by atoms with Crippen molar-refractivity contribution >= 4 is 29.3 Å². The van der Waals surface area contributed by atoms with Crippen molar-refractivity contribution in [3.63, 3.8) is 0 Å². The molecule has 1 aliphatic rings. The van der Waals surface area contributed by atoms with Gasteiger partial charge in [0.25, 0.3) is 0 Å². The number of alkyl halides is 3. The van der Waals surface area contributed by atoms with Gasteiger partial charge >= 0.3 is 18.2 Å². The normalized spacial score (nSPS) is 16.4. The molecule has 4 heterocycles. The van der Waals surface area contributed by atoms with Gasteiger partial charge in [0.2, 0.25) is 0 Å². The predicted molar refractivity (Wildman–Crippen MR) is 109 cm³/mol. The minimum atomic E-state index is -4.62. The molecule has 3 aromatic rings. The number of nitrogens with one attached hydrogen (secondary N) is 1. The van der Waals surface area contributed by atoms with Crippen molar-refractivity contribution in [2.24, 2.45) is 5.92 Å². The number of methoxy groups -OCH3 is 1. The highest BCUT2D eigenvalue weighted by atomic mass is 19.4. The summed E-state index contributed by atoms with van der Waals surface area (Å²) in [5.74, 6) is -1.04. The Morgan fingerprint density at radius 3 is 2.75 bits per heavy atom. The topological polar surface area (TPSA) is 115 Å². The molecule has 0 bridgehead atoms. The molecule has 32 heavy (non-hydrogen) atoms. The average molecular weight is 448 g/mol. The first-order valence-electron chi connectivity index (χ1n) is 9.61. The number of halogens is 3. The summed E-state index contributed by atoms with van der Waals surface area (Å²) in [6.07, 6.45) is 0.279. The minimum absolute atomic E-state index is 0.235. The minimum Gasteiger partial charge on any atom is -0.469 e. The SMILES string of the molecule is COC(=O)C1CCN(C(=O)Nc2cn3cc(-c4cnc(N)c(C(F)(F)F)c4)ccc3n2)C1. The van der Waals surface area contributed by atoms with Gasteiger partial charge in [0.1, 0.15) is 11.5 Å². The number of hydrogen-bond acceptors (Lipinski definition) is 6. The summed E-state index contributed by atoms with van der Waals surface area (Å²) >= 11 is 0. The third-order valence-corrected chi connectivity index (χ3v) is 5.25. The van der Waals surface area contributed by atoms with Crippen molar-refractivity contribution in [1.29, 1.82) is 0 Å². The molecule has 0 saturated carbocycles. The molecule has 1 atom stereocenters. The fourth-order valence-electron chi connectivity index (χ4n) is 3.58. The standard InChI is InChI=1S/C20H19F3N6O3/c1-32-18(30)12-4-5-28(9-12)19(31)27-15-10-29-8-11(2-3-16(29)26-15)13-6-14(20(21,22)23)17(24)25-7-13/h2-3,6-8,10,12H,4-5,9H2,1H3,(H2,24,25)(H,27,31). The number of aromatic nitrogens is 3. The number of imidazole rings is 1. The van der Waals surface area contributed by atoms with Gasteiger partial charge in [-0.1, -0.05) is 0 Å². The molecule has 3 aromatic heterocycles. The summed E-state index contributed by atoms with van der Waals surface area (Å²) in [6, 6.07) is 3.74. The number of rotatable bonds is 3. The van der Waals surface area contributed by atoms with Crippen molar-refractivity contribution in [1.82, 2.24) is 19.3 Å². The highest BCUT2D eigenvalue weighted by molar-refractivity contribution is 5.89. The first kappa shape index (κ1) is 21.4. The number of esters is 1. The van der Waals surface area contributed by atoms with E-state index in [9.17, 15) is 22.8 Å². The highest BCUT2D eigenvalue weighted by Gasteiger charge is 2.34. The molecule has 0 spiro atoms. The Labute approximate surface area is 180 Å². The van der Waals surface area contributed by atoms with Crippen LogP contribution in [0.1, 0.15) is 12.0 Å². The van der Waals surface area contributed by atoms with Gasteiger partial charge in [0.15, 0.2) is 5.82 Å². The zero-order valence-corrected chi connectivity index (χ0v) is 16.9. The Balaban J connectivity index is 1.53. The van der Waals surface area contributed by atoms with E-state index in [0.717, 1.165) is 6.07 Å². The van der Waals surface area contributed by atoms with Crippen LogP contribution in [0.2, 0.25) is 0 Å². The predicted octanol–water partition coefficient (Wildman–Crippen LogP) is 3.02. The van der Waals surface area contributed by atoms with Crippen LogP contribution >= 0.6 is 0 Å². The van der Waals surface area contributed by atoms with Crippen LogP contribution in [0.15, 0.2) is 36.8 Å². The molecule has 1 fully saturated rings. The number of likely N-dealkylation sites (tertiary alicyclic amines) is 1. The number of nitrogen functional groups attached to an aromatic ring is 1. The van der Waals surface area contributed by atoms with Gasteiger partial charge < -0.3 is 19.8 Å². The van der Waals surface area contributed by atoms with Crippen LogP contribution in [0.3, 0.4) is 0 Å². The van der Waals surface area contributed by atoms with Crippen LogP contribution in [0.5, 0.6) is 0 Å². The third-order valence-electron chi connectivity index (χ3n) is 5.25. The van der Waals surface area contributed by atoms with E-state index in [1.807, 2.05) is 0 Å². The molecule has 0 aromatic carbocycles. The number of nitrogens with zero attached hydrogens (tertiary/aromatic N) is 4. The number of urea groups is 1. The Hall–Kier alpha value is -3.83. The summed E-state index contributed by atoms with van der Waals surface area (Å²) in [4.78, 5) is 33.6. The smallest absolute Gasteiger partial charge is 0.419 e. The highest BCUT2D eigenvalue weighted by Crippen LogP contribution is 2.35. The van der Waals surface area contributed by atoms with Crippen LogP contribution < -0.4 is 11.1 Å². The second-order valence-electron chi connectivity index (χ2n) is 7.35. The average Bonchev–Trinajstić information content (AvgIpc) is 3.39. The lowest BCUT2D eigenvalue weighted by Crippen LogP contribution is -2.34. The number of amides is 2. The Bertz CT molecular complexity index is 1190. The summed E-state index contributed by atoms with van der Waals surface area (Å²) in [7, 11) is 1.31. The second kappa shape index (κ2) is 8.02. The summed E-state index contributed by atoms with van der Waals surface area (Å²) in [5, 5.41) is 2.67. The zero-order valence-electron chi connectivity index (χ0n) is 16.9. The van der Waals surface area contributed by atoms with Crippen LogP contribution in [-0.4, -0.2) is 51.5 Å². The van der Waals surface area contributed by atoms with Crippen LogP contribution in [0.25, 0.3) is 16.8 Å². The fraction of sp³-hybridized carbons (Fsp3) is 0.300. The summed E-state index contributed by atoms with van der Waals surface area (Å²) < 4.78 is 45.7. The number of fused-ring (bicyclic) bond motifs is 1. The van der Waals surface area contributed by atoms with Crippen molar-refractivity contribution in [3.8, 4) is 11.1 Å². The lowest BCUT2D eigenvalue weighted by Gasteiger charge is -2.15. The van der Waals surface area contributed by atoms with Gasteiger partial charge in [-0.2, -0.15) is 13.2 Å². The van der Waals surface area contributed by atoms with E-state index in [1.165, 1.54) is 18.2 Å². The van der Waals surface area contributed by atoms with Crippen molar-refractivity contribution in [3.05, 3.63) is 42.4 Å². The molecule has 168 valence electrons. The van der Waals surface area contributed by atoms with Gasteiger partial charge in [-0.3, -0.25) is 10.1 Å². The maximum Gasteiger partial charge on any atom is 0.419 e. The zero-order chi connectivity index (χ0) is 23.0. The van der Waals surface area contributed by atoms with E-state index >= 15 is 0 Å². The number of carbonyl (C=O) groups is 2. The largest absolute Gasteiger partial charge is 0.469 e. The molecule has 3 N–H and O–H groups in total. The van der Waals surface area contributed by atoms with Crippen LogP contribution in [0.4, 0.5) is 29.6 Å². The van der Waals surface area contributed by atoms with E-state index in [0.29, 0.717) is 24.2 Å². The maximum absolute atomic E-state index is 13.1. The van der Waals surface area contributed by atoms with Crippen LogP contribution in [-0.2, 0) is 15.7 Å².